The first kappa shape index (κ1) is 13.2. The SMILES string of the molecule is CCC1CCCCN1C(=O)CSC(N)=NN. The van der Waals surface area contributed by atoms with Crippen LogP contribution in [-0.2, 0) is 4.79 Å². The van der Waals surface area contributed by atoms with Gasteiger partial charge in [0, 0.05) is 12.6 Å². The number of carbonyl (C=O) groups excluding carboxylic acids is 1. The number of hydrogen-bond acceptors (Lipinski definition) is 4. The molecule has 0 saturated carbocycles. The number of nitrogens with zero attached hydrogens (tertiary/aromatic N) is 2. The van der Waals surface area contributed by atoms with Crippen LogP contribution in [0, 0.1) is 0 Å². The molecule has 1 atom stereocenters. The van der Waals surface area contributed by atoms with Gasteiger partial charge in [0.2, 0.25) is 5.91 Å². The van der Waals surface area contributed by atoms with Gasteiger partial charge in [0.25, 0.3) is 0 Å². The Morgan fingerprint density at radius 3 is 2.94 bits per heavy atom. The molecule has 16 heavy (non-hydrogen) atoms. The average Bonchev–Trinajstić information content (AvgIpc) is 2.35. The van der Waals surface area contributed by atoms with Crippen molar-refractivity contribution in [2.24, 2.45) is 16.7 Å². The number of hydrogen-bond donors (Lipinski definition) is 2. The summed E-state index contributed by atoms with van der Waals surface area (Å²) in [7, 11) is 0. The number of nitrogens with two attached hydrogens (primary N) is 2. The normalized spacial score (nSPS) is 22.2. The third-order valence-electron chi connectivity index (χ3n) is 2.89. The Balaban J connectivity index is 2.44. The fourth-order valence-electron chi connectivity index (χ4n) is 2.01. The molecule has 5 nitrogen and oxygen atoms in total. The van der Waals surface area contributed by atoms with Gasteiger partial charge < -0.3 is 16.5 Å². The summed E-state index contributed by atoms with van der Waals surface area (Å²) in [5.41, 5.74) is 5.44. The molecule has 6 heteroatoms. The lowest BCUT2D eigenvalue weighted by Gasteiger charge is -2.35. The highest BCUT2D eigenvalue weighted by atomic mass is 32.2. The number of rotatable bonds is 3. The van der Waals surface area contributed by atoms with E-state index < -0.39 is 0 Å². The molecule has 0 spiro atoms. The number of amides is 1. The van der Waals surface area contributed by atoms with Crippen molar-refractivity contribution in [2.75, 3.05) is 12.3 Å². The first-order chi connectivity index (χ1) is 7.69. The molecule has 1 rings (SSSR count). The Morgan fingerprint density at radius 1 is 1.56 bits per heavy atom. The molecule has 4 N–H and O–H groups in total. The molecular weight excluding hydrogens is 224 g/mol. The molecule has 1 heterocycles. The van der Waals surface area contributed by atoms with E-state index in [1.54, 1.807) is 0 Å². The zero-order valence-corrected chi connectivity index (χ0v) is 10.5. The van der Waals surface area contributed by atoms with Gasteiger partial charge in [-0.15, -0.1) is 0 Å². The van der Waals surface area contributed by atoms with E-state index in [1.165, 1.54) is 18.2 Å². The third kappa shape index (κ3) is 3.59. The van der Waals surface area contributed by atoms with Crippen LogP contribution in [0.5, 0.6) is 0 Å². The van der Waals surface area contributed by atoms with E-state index in [0.717, 1.165) is 25.8 Å². The summed E-state index contributed by atoms with van der Waals surface area (Å²) in [6.45, 7) is 3.00. The lowest BCUT2D eigenvalue weighted by Crippen LogP contribution is -2.44. The van der Waals surface area contributed by atoms with E-state index in [-0.39, 0.29) is 11.1 Å². The maximum absolute atomic E-state index is 11.9. The van der Waals surface area contributed by atoms with E-state index >= 15 is 0 Å². The molecule has 0 aromatic carbocycles. The monoisotopic (exact) mass is 244 g/mol. The largest absolute Gasteiger partial charge is 0.377 e. The van der Waals surface area contributed by atoms with Crippen molar-refractivity contribution in [1.82, 2.24) is 4.90 Å². The van der Waals surface area contributed by atoms with E-state index in [0.29, 0.717) is 11.8 Å². The molecule has 0 radical (unpaired) electrons. The summed E-state index contributed by atoms with van der Waals surface area (Å²) >= 11 is 1.20. The zero-order valence-electron chi connectivity index (χ0n) is 9.69. The highest BCUT2D eigenvalue weighted by molar-refractivity contribution is 8.14. The minimum absolute atomic E-state index is 0.142. The standard InChI is InChI=1S/C10H20N4OS/c1-2-8-5-3-4-6-14(8)9(15)7-16-10(11)13-12/h8H,2-7,12H2,1H3,(H2,11,13). The van der Waals surface area contributed by atoms with Gasteiger partial charge in [-0.2, -0.15) is 5.10 Å². The Bertz CT molecular complexity index is 270. The minimum atomic E-state index is 0.142. The fourth-order valence-corrected chi connectivity index (χ4v) is 2.52. The maximum atomic E-state index is 11.9. The fraction of sp³-hybridized carbons (Fsp3) is 0.800. The third-order valence-corrected chi connectivity index (χ3v) is 3.68. The second-order valence-corrected chi connectivity index (χ2v) is 4.90. The van der Waals surface area contributed by atoms with E-state index in [4.69, 9.17) is 11.6 Å². The number of carbonyl (C=O) groups is 1. The lowest BCUT2D eigenvalue weighted by molar-refractivity contribution is -0.132. The predicted octanol–water partition coefficient (Wildman–Crippen LogP) is 0.699. The van der Waals surface area contributed by atoms with E-state index in [2.05, 4.69) is 12.0 Å². The van der Waals surface area contributed by atoms with Gasteiger partial charge >= 0.3 is 0 Å². The highest BCUT2D eigenvalue weighted by Gasteiger charge is 2.24. The van der Waals surface area contributed by atoms with Crippen molar-refractivity contribution in [2.45, 2.75) is 38.6 Å². The van der Waals surface area contributed by atoms with Gasteiger partial charge in [-0.25, -0.2) is 0 Å². The summed E-state index contributed by atoms with van der Waals surface area (Å²) in [4.78, 5) is 13.9. The van der Waals surface area contributed by atoms with Crippen LogP contribution in [0.25, 0.3) is 0 Å². The van der Waals surface area contributed by atoms with Crippen molar-refractivity contribution in [3.8, 4) is 0 Å². The second kappa shape index (κ2) is 6.62. The van der Waals surface area contributed by atoms with Crippen LogP contribution in [0.15, 0.2) is 5.10 Å². The molecule has 1 unspecified atom stereocenters. The van der Waals surface area contributed by atoms with Crippen molar-refractivity contribution >= 4 is 22.8 Å². The van der Waals surface area contributed by atoms with Crippen molar-refractivity contribution in [1.29, 1.82) is 0 Å². The van der Waals surface area contributed by atoms with E-state index in [9.17, 15) is 4.79 Å². The van der Waals surface area contributed by atoms with Crippen molar-refractivity contribution < 1.29 is 4.79 Å². The van der Waals surface area contributed by atoms with Crippen molar-refractivity contribution in [3.63, 3.8) is 0 Å². The molecular formula is C10H20N4OS. The topological polar surface area (TPSA) is 84.7 Å². The summed E-state index contributed by atoms with van der Waals surface area (Å²) in [5, 5.41) is 3.59. The molecule has 1 aliphatic heterocycles. The summed E-state index contributed by atoms with van der Waals surface area (Å²) < 4.78 is 0. The maximum Gasteiger partial charge on any atom is 0.233 e. The summed E-state index contributed by atoms with van der Waals surface area (Å²) in [6.07, 6.45) is 4.47. The van der Waals surface area contributed by atoms with Crippen LogP contribution < -0.4 is 11.6 Å². The highest BCUT2D eigenvalue weighted by Crippen LogP contribution is 2.20. The van der Waals surface area contributed by atoms with Crippen LogP contribution in [0.1, 0.15) is 32.6 Å². The number of amidine groups is 1. The van der Waals surface area contributed by atoms with Gasteiger partial charge in [0.15, 0.2) is 5.17 Å². The quantitative estimate of drug-likeness (QED) is 0.331. The van der Waals surface area contributed by atoms with Crippen LogP contribution in [0.2, 0.25) is 0 Å². The van der Waals surface area contributed by atoms with Crippen LogP contribution in [0.3, 0.4) is 0 Å². The van der Waals surface area contributed by atoms with Gasteiger partial charge in [0.1, 0.15) is 0 Å². The Morgan fingerprint density at radius 2 is 2.31 bits per heavy atom. The lowest BCUT2D eigenvalue weighted by atomic mass is 10.0. The summed E-state index contributed by atoms with van der Waals surface area (Å²) in [6, 6.07) is 0.401. The van der Waals surface area contributed by atoms with Gasteiger partial charge in [0.05, 0.1) is 5.75 Å². The zero-order chi connectivity index (χ0) is 12.0. The minimum Gasteiger partial charge on any atom is -0.377 e. The molecule has 1 aliphatic rings. The molecule has 1 fully saturated rings. The molecule has 0 bridgehead atoms. The van der Waals surface area contributed by atoms with Gasteiger partial charge in [-0.1, -0.05) is 18.7 Å². The van der Waals surface area contributed by atoms with Crippen LogP contribution >= 0.6 is 11.8 Å². The molecule has 1 saturated heterocycles. The smallest absolute Gasteiger partial charge is 0.233 e. The summed E-state index contributed by atoms with van der Waals surface area (Å²) in [5.74, 6) is 5.49. The van der Waals surface area contributed by atoms with Gasteiger partial charge in [-0.05, 0) is 25.7 Å². The van der Waals surface area contributed by atoms with Crippen molar-refractivity contribution in [3.05, 3.63) is 0 Å². The Hall–Kier alpha value is -0.910. The number of piperidine rings is 1. The van der Waals surface area contributed by atoms with Crippen LogP contribution in [-0.4, -0.2) is 34.3 Å². The first-order valence-electron chi connectivity index (χ1n) is 5.64. The number of hydrazone groups is 1. The van der Waals surface area contributed by atoms with Crippen LogP contribution in [0.4, 0.5) is 0 Å². The average molecular weight is 244 g/mol. The number of likely N-dealkylation sites (tertiary alicyclic amines) is 1. The second-order valence-electron chi connectivity index (χ2n) is 3.90. The molecule has 92 valence electrons. The molecule has 0 aliphatic carbocycles. The van der Waals surface area contributed by atoms with E-state index in [1.807, 2.05) is 4.90 Å². The molecule has 0 aromatic rings. The Kier molecular flexibility index (Phi) is 5.45. The number of thioether (sulfide) groups is 1. The molecule has 0 aromatic heterocycles. The molecule has 1 amide bonds. The Labute approximate surface area is 101 Å². The van der Waals surface area contributed by atoms with Gasteiger partial charge in [-0.3, -0.25) is 4.79 Å². The first-order valence-corrected chi connectivity index (χ1v) is 6.63. The predicted molar refractivity (Wildman–Crippen MR) is 67.9 cm³/mol.